The molecule has 0 bridgehead atoms. The highest BCUT2D eigenvalue weighted by molar-refractivity contribution is 5.77. The van der Waals surface area contributed by atoms with E-state index in [1.54, 1.807) is 0 Å². The maximum Gasteiger partial charge on any atom is 0.257 e. The lowest BCUT2D eigenvalue weighted by Gasteiger charge is -2.14. The van der Waals surface area contributed by atoms with Crippen LogP contribution in [-0.4, -0.2) is 19.1 Å². The SMILES string of the molecule is Cc1ccccc1OCC(=O)NC[C@@H](C)c1ccccc1. The van der Waals surface area contributed by atoms with Gasteiger partial charge in [-0.05, 0) is 30.0 Å². The number of carbonyl (C=O) groups is 1. The van der Waals surface area contributed by atoms with Gasteiger partial charge in [-0.2, -0.15) is 0 Å². The van der Waals surface area contributed by atoms with Crippen LogP contribution >= 0.6 is 0 Å². The number of carbonyl (C=O) groups excluding carboxylic acids is 1. The first-order valence-electron chi connectivity index (χ1n) is 7.17. The molecule has 2 aromatic carbocycles. The third-order valence-corrected chi connectivity index (χ3v) is 3.43. The quantitative estimate of drug-likeness (QED) is 0.883. The monoisotopic (exact) mass is 283 g/mol. The number of hydrogen-bond acceptors (Lipinski definition) is 2. The lowest BCUT2D eigenvalue weighted by atomic mass is 10.0. The summed E-state index contributed by atoms with van der Waals surface area (Å²) in [5, 5.41) is 2.91. The molecule has 0 aliphatic heterocycles. The molecular weight excluding hydrogens is 262 g/mol. The molecule has 0 aliphatic rings. The molecule has 1 amide bonds. The molecule has 0 aliphatic carbocycles. The van der Waals surface area contributed by atoms with Crippen LogP contribution in [0.2, 0.25) is 0 Å². The molecule has 0 unspecified atom stereocenters. The van der Waals surface area contributed by atoms with Gasteiger partial charge < -0.3 is 10.1 Å². The van der Waals surface area contributed by atoms with Crippen LogP contribution in [0.4, 0.5) is 0 Å². The van der Waals surface area contributed by atoms with E-state index in [1.165, 1.54) is 5.56 Å². The molecule has 0 fully saturated rings. The van der Waals surface area contributed by atoms with Crippen molar-refractivity contribution >= 4 is 5.91 Å². The zero-order valence-corrected chi connectivity index (χ0v) is 12.5. The van der Waals surface area contributed by atoms with Crippen LogP contribution in [0.25, 0.3) is 0 Å². The van der Waals surface area contributed by atoms with Gasteiger partial charge in [0.25, 0.3) is 5.91 Å². The molecule has 110 valence electrons. The lowest BCUT2D eigenvalue weighted by Crippen LogP contribution is -2.31. The normalized spacial score (nSPS) is 11.7. The van der Waals surface area contributed by atoms with E-state index < -0.39 is 0 Å². The topological polar surface area (TPSA) is 38.3 Å². The molecule has 2 rings (SSSR count). The number of para-hydroxylation sites is 1. The second-order valence-corrected chi connectivity index (χ2v) is 5.17. The number of nitrogens with one attached hydrogen (secondary N) is 1. The van der Waals surface area contributed by atoms with Crippen molar-refractivity contribution in [1.29, 1.82) is 0 Å². The van der Waals surface area contributed by atoms with Crippen molar-refractivity contribution < 1.29 is 9.53 Å². The third kappa shape index (κ3) is 4.63. The molecule has 0 spiro atoms. The predicted octanol–water partition coefficient (Wildman–Crippen LogP) is 3.29. The van der Waals surface area contributed by atoms with Crippen molar-refractivity contribution in [3.05, 3.63) is 65.7 Å². The van der Waals surface area contributed by atoms with Gasteiger partial charge in [0.15, 0.2) is 6.61 Å². The summed E-state index contributed by atoms with van der Waals surface area (Å²) in [7, 11) is 0. The van der Waals surface area contributed by atoms with E-state index in [1.807, 2.05) is 49.4 Å². The Balaban J connectivity index is 1.76. The smallest absolute Gasteiger partial charge is 0.257 e. The van der Waals surface area contributed by atoms with Crippen molar-refractivity contribution in [3.8, 4) is 5.75 Å². The first-order chi connectivity index (χ1) is 10.2. The van der Waals surface area contributed by atoms with Gasteiger partial charge in [0, 0.05) is 6.54 Å². The molecule has 1 N–H and O–H groups in total. The molecule has 0 aromatic heterocycles. The summed E-state index contributed by atoms with van der Waals surface area (Å²) in [6, 6.07) is 17.8. The van der Waals surface area contributed by atoms with Crippen molar-refractivity contribution in [2.75, 3.05) is 13.2 Å². The minimum atomic E-state index is -0.0963. The lowest BCUT2D eigenvalue weighted by molar-refractivity contribution is -0.123. The Labute approximate surface area is 126 Å². The van der Waals surface area contributed by atoms with Crippen molar-refractivity contribution in [2.24, 2.45) is 0 Å². The van der Waals surface area contributed by atoms with Gasteiger partial charge in [-0.15, -0.1) is 0 Å². The Morgan fingerprint density at radius 2 is 1.76 bits per heavy atom. The first kappa shape index (κ1) is 15.1. The average Bonchev–Trinajstić information content (AvgIpc) is 2.52. The van der Waals surface area contributed by atoms with Crippen LogP contribution in [0.1, 0.15) is 24.0 Å². The highest BCUT2D eigenvalue weighted by atomic mass is 16.5. The summed E-state index contributed by atoms with van der Waals surface area (Å²) in [5.74, 6) is 0.943. The molecular formula is C18H21NO2. The Kier molecular flexibility index (Phi) is 5.38. The molecule has 3 heteroatoms. The number of hydrogen-bond donors (Lipinski definition) is 1. The van der Waals surface area contributed by atoms with E-state index in [-0.39, 0.29) is 18.4 Å². The molecule has 0 saturated heterocycles. The van der Waals surface area contributed by atoms with E-state index >= 15 is 0 Å². The second-order valence-electron chi connectivity index (χ2n) is 5.17. The fourth-order valence-corrected chi connectivity index (χ4v) is 2.08. The van der Waals surface area contributed by atoms with Crippen LogP contribution in [-0.2, 0) is 4.79 Å². The summed E-state index contributed by atoms with van der Waals surface area (Å²) in [6.45, 7) is 4.72. The fourth-order valence-electron chi connectivity index (χ4n) is 2.08. The maximum atomic E-state index is 11.8. The summed E-state index contributed by atoms with van der Waals surface area (Å²) in [6.07, 6.45) is 0. The van der Waals surface area contributed by atoms with E-state index in [0.29, 0.717) is 6.54 Å². The van der Waals surface area contributed by atoms with Crippen molar-refractivity contribution in [1.82, 2.24) is 5.32 Å². The van der Waals surface area contributed by atoms with E-state index in [9.17, 15) is 4.79 Å². The highest BCUT2D eigenvalue weighted by Crippen LogP contribution is 2.16. The predicted molar refractivity (Wildman–Crippen MR) is 84.5 cm³/mol. The Bertz CT molecular complexity index is 581. The van der Waals surface area contributed by atoms with Crippen LogP contribution in [0.3, 0.4) is 0 Å². The second kappa shape index (κ2) is 7.48. The molecule has 3 nitrogen and oxygen atoms in total. The van der Waals surface area contributed by atoms with Gasteiger partial charge in [0.2, 0.25) is 0 Å². The summed E-state index contributed by atoms with van der Waals surface area (Å²) >= 11 is 0. The standard InChI is InChI=1S/C18H21NO2/c1-14-8-6-7-11-17(14)21-13-18(20)19-12-15(2)16-9-4-3-5-10-16/h3-11,15H,12-13H2,1-2H3,(H,19,20)/t15-/m1/s1. The fraction of sp³-hybridized carbons (Fsp3) is 0.278. The molecule has 2 aromatic rings. The minimum absolute atomic E-state index is 0.0480. The maximum absolute atomic E-state index is 11.8. The van der Waals surface area contributed by atoms with E-state index in [2.05, 4.69) is 24.4 Å². The van der Waals surface area contributed by atoms with Gasteiger partial charge in [-0.3, -0.25) is 4.79 Å². The van der Waals surface area contributed by atoms with E-state index in [0.717, 1.165) is 11.3 Å². The van der Waals surface area contributed by atoms with E-state index in [4.69, 9.17) is 4.74 Å². The average molecular weight is 283 g/mol. The van der Waals surface area contributed by atoms with Crippen molar-refractivity contribution in [2.45, 2.75) is 19.8 Å². The molecule has 21 heavy (non-hydrogen) atoms. The Hall–Kier alpha value is -2.29. The van der Waals surface area contributed by atoms with Crippen LogP contribution in [0.15, 0.2) is 54.6 Å². The van der Waals surface area contributed by atoms with Gasteiger partial charge in [-0.25, -0.2) is 0 Å². The zero-order chi connectivity index (χ0) is 15.1. The third-order valence-electron chi connectivity index (χ3n) is 3.43. The number of rotatable bonds is 6. The van der Waals surface area contributed by atoms with Gasteiger partial charge in [0.1, 0.15) is 5.75 Å². The summed E-state index contributed by atoms with van der Waals surface area (Å²) < 4.78 is 5.52. The molecule has 0 saturated carbocycles. The van der Waals surface area contributed by atoms with Gasteiger partial charge >= 0.3 is 0 Å². The van der Waals surface area contributed by atoms with Crippen LogP contribution in [0.5, 0.6) is 5.75 Å². The number of ether oxygens (including phenoxy) is 1. The number of aryl methyl sites for hydroxylation is 1. The minimum Gasteiger partial charge on any atom is -0.484 e. The van der Waals surface area contributed by atoms with Gasteiger partial charge in [0.05, 0.1) is 0 Å². The largest absolute Gasteiger partial charge is 0.484 e. The van der Waals surface area contributed by atoms with Crippen molar-refractivity contribution in [3.63, 3.8) is 0 Å². The summed E-state index contributed by atoms with van der Waals surface area (Å²) in [5.41, 5.74) is 2.25. The van der Waals surface area contributed by atoms with Crippen LogP contribution in [0, 0.1) is 6.92 Å². The number of amides is 1. The summed E-state index contributed by atoms with van der Waals surface area (Å²) in [4.78, 5) is 11.8. The highest BCUT2D eigenvalue weighted by Gasteiger charge is 2.08. The molecule has 0 radical (unpaired) electrons. The Morgan fingerprint density at radius 1 is 1.10 bits per heavy atom. The van der Waals surface area contributed by atoms with Gasteiger partial charge in [-0.1, -0.05) is 55.5 Å². The molecule has 0 heterocycles. The molecule has 1 atom stereocenters. The first-order valence-corrected chi connectivity index (χ1v) is 7.17. The number of benzene rings is 2. The van der Waals surface area contributed by atoms with Crippen LogP contribution < -0.4 is 10.1 Å². The Morgan fingerprint density at radius 3 is 2.48 bits per heavy atom. The zero-order valence-electron chi connectivity index (χ0n) is 12.5.